The standard InChI is InChI=1S/C72H42N6O/c1-73-48-27-36-67-57(43-48)56-40-45(26-35-66(56)78(67)51-30-28-50(29-31-51)77-62-20-8-5-15-52(62)53-16-6-9-21-63(53)77)47-24-33-59-69(42-47)79-68-41-46(23-32-58(68)72(59)60-18-11-37-74-70(60)71-61(72)19-12-38-75-71)44-25-34-65-55(39-44)54-17-7-10-22-64(54)76(65)49-13-3-2-4-14-49/h2-43H. The van der Waals surface area contributed by atoms with Gasteiger partial charge in [-0.3, -0.25) is 9.97 Å². The fraction of sp³-hybridized carbons (Fsp3) is 0.0139. The summed E-state index contributed by atoms with van der Waals surface area (Å²) in [5.74, 6) is 1.56. The number of ether oxygens (including phenoxy) is 1. The lowest BCUT2D eigenvalue weighted by atomic mass is 9.66. The minimum atomic E-state index is -0.745. The fourth-order valence-electron chi connectivity index (χ4n) is 13.5. The smallest absolute Gasteiger partial charge is 0.188 e. The van der Waals surface area contributed by atoms with Crippen LogP contribution in [0.25, 0.3) is 121 Å². The van der Waals surface area contributed by atoms with Gasteiger partial charge in [0, 0.05) is 67.5 Å². The lowest BCUT2D eigenvalue weighted by molar-refractivity contribution is 0.436. The Morgan fingerprint density at radius 3 is 1.23 bits per heavy atom. The van der Waals surface area contributed by atoms with Crippen molar-refractivity contribution in [2.45, 2.75) is 5.41 Å². The van der Waals surface area contributed by atoms with Crippen LogP contribution in [0.2, 0.25) is 0 Å². The predicted octanol–water partition coefficient (Wildman–Crippen LogP) is 18.1. The van der Waals surface area contributed by atoms with Crippen LogP contribution in [0.4, 0.5) is 5.69 Å². The second-order valence-corrected chi connectivity index (χ2v) is 20.8. The first kappa shape index (κ1) is 43.4. The van der Waals surface area contributed by atoms with E-state index < -0.39 is 5.41 Å². The molecule has 0 saturated heterocycles. The number of benzene rings is 10. The molecule has 17 rings (SSSR count). The zero-order chi connectivity index (χ0) is 51.9. The number of aromatic nitrogens is 5. The third kappa shape index (κ3) is 6.05. The molecule has 0 radical (unpaired) electrons. The highest BCUT2D eigenvalue weighted by molar-refractivity contribution is 6.13. The summed E-state index contributed by atoms with van der Waals surface area (Å²) in [6.45, 7) is 8.03. The first-order valence-corrected chi connectivity index (χ1v) is 26.6. The molecule has 0 amide bonds. The molecule has 0 unspecified atom stereocenters. The Hall–Kier alpha value is -10.8. The highest BCUT2D eigenvalue weighted by atomic mass is 16.5. The molecule has 0 atom stereocenters. The van der Waals surface area contributed by atoms with Crippen molar-refractivity contribution in [1.82, 2.24) is 23.7 Å². The minimum absolute atomic E-state index is 0.601. The highest BCUT2D eigenvalue weighted by Gasteiger charge is 2.52. The van der Waals surface area contributed by atoms with Crippen LogP contribution in [0.5, 0.6) is 11.5 Å². The number of rotatable bonds is 5. The number of pyridine rings is 2. The summed E-state index contributed by atoms with van der Waals surface area (Å²) in [7, 11) is 0. The molecule has 366 valence electrons. The van der Waals surface area contributed by atoms with E-state index in [0.29, 0.717) is 5.69 Å². The van der Waals surface area contributed by atoms with E-state index in [9.17, 15) is 0 Å². The van der Waals surface area contributed by atoms with Gasteiger partial charge >= 0.3 is 0 Å². The molecule has 7 nitrogen and oxygen atoms in total. The van der Waals surface area contributed by atoms with Crippen molar-refractivity contribution in [3.63, 3.8) is 0 Å². The molecular formula is C72H42N6O. The minimum Gasteiger partial charge on any atom is -0.457 e. The average molecular weight is 1010 g/mol. The second kappa shape index (κ2) is 16.3. The Balaban J connectivity index is 0.812. The molecule has 2 aliphatic rings. The molecule has 7 heteroatoms. The second-order valence-electron chi connectivity index (χ2n) is 20.8. The van der Waals surface area contributed by atoms with E-state index >= 15 is 0 Å². The lowest BCUT2D eigenvalue weighted by Crippen LogP contribution is -2.32. The maximum atomic E-state index is 8.03. The molecule has 0 N–H and O–H groups in total. The summed E-state index contributed by atoms with van der Waals surface area (Å²) in [4.78, 5) is 13.9. The van der Waals surface area contributed by atoms with Crippen molar-refractivity contribution in [2.75, 3.05) is 0 Å². The van der Waals surface area contributed by atoms with Crippen LogP contribution in [-0.2, 0) is 5.41 Å². The highest BCUT2D eigenvalue weighted by Crippen LogP contribution is 2.62. The van der Waals surface area contributed by atoms with E-state index in [-0.39, 0.29) is 0 Å². The summed E-state index contributed by atoms with van der Waals surface area (Å²) >= 11 is 0. The van der Waals surface area contributed by atoms with E-state index in [1.165, 1.54) is 38.1 Å². The first-order chi connectivity index (χ1) is 39.1. The van der Waals surface area contributed by atoms with E-state index in [0.717, 1.165) is 112 Å². The van der Waals surface area contributed by atoms with Gasteiger partial charge in [-0.25, -0.2) is 4.85 Å². The molecule has 0 saturated carbocycles. The van der Waals surface area contributed by atoms with Crippen LogP contribution in [-0.4, -0.2) is 23.7 Å². The summed E-state index contributed by atoms with van der Waals surface area (Å²) in [6.07, 6.45) is 3.73. The van der Waals surface area contributed by atoms with Crippen LogP contribution in [0.3, 0.4) is 0 Å². The Labute approximate surface area is 453 Å². The monoisotopic (exact) mass is 1010 g/mol. The van der Waals surface area contributed by atoms with Crippen LogP contribution in [0.1, 0.15) is 22.3 Å². The van der Waals surface area contributed by atoms with Crippen LogP contribution < -0.4 is 4.74 Å². The van der Waals surface area contributed by atoms with Gasteiger partial charge in [-0.05, 0) is 154 Å². The van der Waals surface area contributed by atoms with Gasteiger partial charge in [-0.1, -0.05) is 127 Å². The van der Waals surface area contributed by atoms with Crippen molar-refractivity contribution >= 4 is 71.1 Å². The predicted molar refractivity (Wildman–Crippen MR) is 320 cm³/mol. The molecule has 15 aromatic rings. The largest absolute Gasteiger partial charge is 0.457 e. The van der Waals surface area contributed by atoms with Crippen molar-refractivity contribution in [2.24, 2.45) is 0 Å². The van der Waals surface area contributed by atoms with E-state index in [1.54, 1.807) is 0 Å². The fourth-order valence-corrected chi connectivity index (χ4v) is 13.5. The van der Waals surface area contributed by atoms with Gasteiger partial charge in [0.05, 0.1) is 56.5 Å². The maximum absolute atomic E-state index is 8.03. The van der Waals surface area contributed by atoms with Gasteiger partial charge in [-0.2, -0.15) is 0 Å². The summed E-state index contributed by atoms with van der Waals surface area (Å²) in [6, 6.07) is 86.8. The van der Waals surface area contributed by atoms with E-state index in [1.807, 2.05) is 36.7 Å². The molecular weight excluding hydrogens is 965 g/mol. The quantitative estimate of drug-likeness (QED) is 0.161. The number of hydrogen-bond donors (Lipinski definition) is 0. The molecule has 6 heterocycles. The van der Waals surface area contributed by atoms with Gasteiger partial charge in [0.15, 0.2) is 5.69 Å². The Morgan fingerprint density at radius 1 is 0.329 bits per heavy atom. The van der Waals surface area contributed by atoms with Gasteiger partial charge in [0.1, 0.15) is 11.5 Å². The molecule has 0 bridgehead atoms. The van der Waals surface area contributed by atoms with Crippen molar-refractivity contribution in [3.05, 3.63) is 289 Å². The lowest BCUT2D eigenvalue weighted by Gasteiger charge is -2.39. The molecule has 1 aliphatic carbocycles. The average Bonchev–Trinajstić information content (AvgIpc) is 3.59. The van der Waals surface area contributed by atoms with Crippen LogP contribution in [0, 0.1) is 6.57 Å². The van der Waals surface area contributed by atoms with Crippen LogP contribution >= 0.6 is 0 Å². The molecule has 1 spiro atoms. The van der Waals surface area contributed by atoms with Gasteiger partial charge in [-0.15, -0.1) is 0 Å². The first-order valence-electron chi connectivity index (χ1n) is 26.6. The Kier molecular flexibility index (Phi) is 8.99. The molecule has 1 aliphatic heterocycles. The van der Waals surface area contributed by atoms with Gasteiger partial charge in [0.25, 0.3) is 0 Å². The molecule has 79 heavy (non-hydrogen) atoms. The Morgan fingerprint density at radius 2 is 0.722 bits per heavy atom. The topological polar surface area (TPSA) is 54.2 Å². The SMILES string of the molecule is [C-]#[N+]c1ccc2c(c1)c1cc(-c3ccc4c(c3)Oc3cc(-c5ccc6c(c5)c5ccccc5n6-c5ccccc5)ccc3C43c4cccnc4-c4ncccc43)ccc1n2-c1ccc(-n2c3ccccc3c3ccccc32)cc1. The maximum Gasteiger partial charge on any atom is 0.188 e. The summed E-state index contributed by atoms with van der Waals surface area (Å²) in [5.41, 5.74) is 20.1. The Bertz CT molecular complexity index is 5030. The molecule has 0 fully saturated rings. The van der Waals surface area contributed by atoms with E-state index in [4.69, 9.17) is 21.3 Å². The third-order valence-electron chi connectivity index (χ3n) is 16.8. The van der Waals surface area contributed by atoms with Crippen molar-refractivity contribution in [1.29, 1.82) is 0 Å². The van der Waals surface area contributed by atoms with Gasteiger partial charge in [0.2, 0.25) is 0 Å². The van der Waals surface area contributed by atoms with Gasteiger partial charge < -0.3 is 18.4 Å². The molecule has 10 aromatic carbocycles. The number of nitrogens with zero attached hydrogens (tertiary/aromatic N) is 6. The number of para-hydroxylation sites is 4. The van der Waals surface area contributed by atoms with Crippen molar-refractivity contribution in [3.8, 4) is 62.2 Å². The van der Waals surface area contributed by atoms with E-state index in [2.05, 4.69) is 237 Å². The van der Waals surface area contributed by atoms with Crippen molar-refractivity contribution < 1.29 is 4.74 Å². The summed E-state index contributed by atoms with van der Waals surface area (Å²) in [5, 5.41) is 6.95. The molecule has 5 aromatic heterocycles. The zero-order valence-corrected chi connectivity index (χ0v) is 42.3. The number of fused-ring (bicyclic) bond motifs is 18. The third-order valence-corrected chi connectivity index (χ3v) is 16.8. The zero-order valence-electron chi connectivity index (χ0n) is 42.3. The number of hydrogen-bond acceptors (Lipinski definition) is 3. The summed E-state index contributed by atoms with van der Waals surface area (Å²) < 4.78 is 14.3. The normalized spacial score (nSPS) is 13.0. The van der Waals surface area contributed by atoms with Crippen LogP contribution in [0.15, 0.2) is 255 Å².